The highest BCUT2D eigenvalue weighted by Crippen LogP contribution is 2.67. The maximum absolute atomic E-state index is 6.57. The Morgan fingerprint density at radius 2 is 1.45 bits per heavy atom. The molecule has 4 heteroatoms. The number of rotatable bonds is 27. The first-order valence-electron chi connectivity index (χ1n) is 23.4. The summed E-state index contributed by atoms with van der Waals surface area (Å²) in [5.74, 6) is 5.49. The van der Waals surface area contributed by atoms with Crippen molar-refractivity contribution in [3.8, 4) is 0 Å². The van der Waals surface area contributed by atoms with Gasteiger partial charge in [-0.3, -0.25) is 0 Å². The summed E-state index contributed by atoms with van der Waals surface area (Å²) in [5.41, 5.74) is 2.79. The molecule has 0 saturated heterocycles. The molecular formula is C49H89NO3. The molecule has 4 aliphatic rings. The van der Waals surface area contributed by atoms with Crippen LogP contribution in [0.25, 0.3) is 0 Å². The summed E-state index contributed by atoms with van der Waals surface area (Å²) in [4.78, 5) is 2.24. The van der Waals surface area contributed by atoms with Crippen LogP contribution in [-0.2, 0) is 14.2 Å². The standard InChI is InChI=1S/C49H89NO3/c1-9-10-11-12-13-14-16-19-33-51-37-42(50(7)8)38-52-34-20-17-15-18-21-35-53-43-29-31-48(5)41(36-43)25-26-44-46-28-27-45(40(4)24-22-23-39(2)3)49(46,6)32-30-47(44)48/h13-14,25,39-40,42-47H,9-12,15-24,26-38H2,1-8H3/b14-13-/t40-,42-,43?,44+,45-,46?,47?,48+,49-/m1/s1. The van der Waals surface area contributed by atoms with Crippen LogP contribution in [0.5, 0.6) is 0 Å². The van der Waals surface area contributed by atoms with Gasteiger partial charge in [0, 0.05) is 19.8 Å². The van der Waals surface area contributed by atoms with E-state index in [2.05, 4.69) is 78.8 Å². The van der Waals surface area contributed by atoms with Crippen molar-refractivity contribution in [2.45, 2.75) is 195 Å². The van der Waals surface area contributed by atoms with Gasteiger partial charge >= 0.3 is 0 Å². The predicted octanol–water partition coefficient (Wildman–Crippen LogP) is 13.2. The molecule has 53 heavy (non-hydrogen) atoms. The first-order chi connectivity index (χ1) is 25.6. The molecule has 0 aromatic carbocycles. The van der Waals surface area contributed by atoms with E-state index >= 15 is 0 Å². The SMILES string of the molecule is CCCCC/C=C\CCCOC[C@H](COCCCCCCCOC1CC[C@@]2(C)C(=CC[C@@H]3C2CC[C@@]2(C)C3CC[C@@H]2[C@H](C)CCCC(C)C)C1)N(C)C. The molecule has 0 amide bonds. The molecule has 0 bridgehead atoms. The molecule has 4 aliphatic carbocycles. The number of fused-ring (bicyclic) bond motifs is 5. The summed E-state index contributed by atoms with van der Waals surface area (Å²) in [5, 5.41) is 0. The Hall–Kier alpha value is -0.680. The van der Waals surface area contributed by atoms with E-state index in [9.17, 15) is 0 Å². The largest absolute Gasteiger partial charge is 0.380 e. The van der Waals surface area contributed by atoms with Crippen LogP contribution in [0.4, 0.5) is 0 Å². The second-order valence-electron chi connectivity index (χ2n) is 19.7. The molecule has 0 heterocycles. The van der Waals surface area contributed by atoms with Gasteiger partial charge in [0.2, 0.25) is 0 Å². The third-order valence-electron chi connectivity index (χ3n) is 15.2. The van der Waals surface area contributed by atoms with Gasteiger partial charge in [0.25, 0.3) is 0 Å². The van der Waals surface area contributed by atoms with Crippen LogP contribution in [0.3, 0.4) is 0 Å². The van der Waals surface area contributed by atoms with Crippen molar-refractivity contribution in [2.75, 3.05) is 47.1 Å². The Balaban J connectivity index is 1.05. The molecule has 4 rings (SSSR count). The number of hydrogen-bond acceptors (Lipinski definition) is 4. The van der Waals surface area contributed by atoms with Crippen molar-refractivity contribution in [2.24, 2.45) is 46.3 Å². The molecule has 9 atom stereocenters. The fraction of sp³-hybridized carbons (Fsp3) is 0.918. The van der Waals surface area contributed by atoms with Crippen LogP contribution in [-0.4, -0.2) is 64.2 Å². The lowest BCUT2D eigenvalue weighted by Gasteiger charge is -2.58. The zero-order valence-corrected chi connectivity index (χ0v) is 36.6. The lowest BCUT2D eigenvalue weighted by atomic mass is 9.47. The molecule has 3 unspecified atom stereocenters. The third-order valence-corrected chi connectivity index (χ3v) is 15.2. The van der Waals surface area contributed by atoms with Crippen molar-refractivity contribution in [1.82, 2.24) is 4.90 Å². The highest BCUT2D eigenvalue weighted by molar-refractivity contribution is 5.25. The van der Waals surface area contributed by atoms with E-state index in [1.165, 1.54) is 122 Å². The average molecular weight is 740 g/mol. The van der Waals surface area contributed by atoms with Gasteiger partial charge in [-0.15, -0.1) is 0 Å². The first-order valence-corrected chi connectivity index (χ1v) is 23.4. The van der Waals surface area contributed by atoms with Crippen LogP contribution in [0.2, 0.25) is 0 Å². The maximum Gasteiger partial charge on any atom is 0.0644 e. The summed E-state index contributed by atoms with van der Waals surface area (Å²) in [7, 11) is 4.27. The Bertz CT molecular complexity index is 1050. The number of nitrogens with zero attached hydrogens (tertiary/aromatic N) is 1. The Morgan fingerprint density at radius 3 is 2.17 bits per heavy atom. The van der Waals surface area contributed by atoms with E-state index < -0.39 is 0 Å². The van der Waals surface area contributed by atoms with E-state index in [0.717, 1.165) is 87.8 Å². The normalized spacial score (nSPS) is 31.1. The Morgan fingerprint density at radius 1 is 0.755 bits per heavy atom. The summed E-state index contributed by atoms with van der Waals surface area (Å²) < 4.78 is 18.7. The van der Waals surface area contributed by atoms with E-state index in [0.29, 0.717) is 23.0 Å². The topological polar surface area (TPSA) is 30.9 Å². The molecule has 0 aromatic heterocycles. The fourth-order valence-electron chi connectivity index (χ4n) is 11.7. The highest BCUT2D eigenvalue weighted by atomic mass is 16.5. The second-order valence-corrected chi connectivity index (χ2v) is 19.7. The highest BCUT2D eigenvalue weighted by Gasteiger charge is 2.59. The molecule has 308 valence electrons. The lowest BCUT2D eigenvalue weighted by molar-refractivity contribution is -0.0641. The van der Waals surface area contributed by atoms with E-state index in [-0.39, 0.29) is 0 Å². The number of unbranched alkanes of at least 4 members (excludes halogenated alkanes) is 8. The lowest BCUT2D eigenvalue weighted by Crippen LogP contribution is -2.51. The molecule has 0 aromatic rings. The zero-order chi connectivity index (χ0) is 38.1. The zero-order valence-electron chi connectivity index (χ0n) is 36.6. The van der Waals surface area contributed by atoms with Crippen molar-refractivity contribution in [3.63, 3.8) is 0 Å². The minimum atomic E-state index is 0.330. The van der Waals surface area contributed by atoms with Crippen molar-refractivity contribution in [3.05, 3.63) is 23.8 Å². The maximum atomic E-state index is 6.57. The van der Waals surface area contributed by atoms with Crippen molar-refractivity contribution < 1.29 is 14.2 Å². The van der Waals surface area contributed by atoms with Crippen molar-refractivity contribution in [1.29, 1.82) is 0 Å². The smallest absolute Gasteiger partial charge is 0.0644 e. The van der Waals surface area contributed by atoms with Crippen molar-refractivity contribution >= 4 is 0 Å². The van der Waals surface area contributed by atoms with Gasteiger partial charge in [-0.05, 0) is 150 Å². The minimum absolute atomic E-state index is 0.330. The minimum Gasteiger partial charge on any atom is -0.380 e. The Kier molecular flexibility index (Phi) is 20.0. The fourth-order valence-corrected chi connectivity index (χ4v) is 11.7. The summed E-state index contributed by atoms with van der Waals surface area (Å²) >= 11 is 0. The van der Waals surface area contributed by atoms with Crippen LogP contribution < -0.4 is 0 Å². The number of ether oxygens (including phenoxy) is 3. The average Bonchev–Trinajstić information content (AvgIpc) is 3.49. The number of allylic oxidation sites excluding steroid dienone is 3. The monoisotopic (exact) mass is 740 g/mol. The second kappa shape index (κ2) is 23.5. The molecule has 0 radical (unpaired) electrons. The van der Waals surface area contributed by atoms with Gasteiger partial charge in [0.15, 0.2) is 0 Å². The summed E-state index contributed by atoms with van der Waals surface area (Å²) in [6.07, 6.45) is 36.8. The van der Waals surface area contributed by atoms with E-state index in [4.69, 9.17) is 14.2 Å². The van der Waals surface area contributed by atoms with Gasteiger partial charge in [0.05, 0.1) is 25.4 Å². The van der Waals surface area contributed by atoms with Gasteiger partial charge in [-0.2, -0.15) is 0 Å². The van der Waals surface area contributed by atoms with Crippen LogP contribution in [0.1, 0.15) is 183 Å². The third kappa shape index (κ3) is 13.5. The van der Waals surface area contributed by atoms with Gasteiger partial charge < -0.3 is 19.1 Å². The molecule has 0 aliphatic heterocycles. The van der Waals surface area contributed by atoms with Crippen LogP contribution in [0.15, 0.2) is 23.8 Å². The molecule has 4 nitrogen and oxygen atoms in total. The van der Waals surface area contributed by atoms with E-state index in [1.807, 2.05) is 0 Å². The molecular weight excluding hydrogens is 651 g/mol. The quantitative estimate of drug-likeness (QED) is 0.0620. The van der Waals surface area contributed by atoms with E-state index in [1.54, 1.807) is 5.57 Å². The van der Waals surface area contributed by atoms with Gasteiger partial charge in [-0.1, -0.05) is 117 Å². The predicted molar refractivity (Wildman–Crippen MR) is 227 cm³/mol. The van der Waals surface area contributed by atoms with Crippen LogP contribution in [0, 0.1) is 46.3 Å². The number of hydrogen-bond donors (Lipinski definition) is 0. The molecule has 0 N–H and O–H groups in total. The van der Waals surface area contributed by atoms with Crippen LogP contribution >= 0.6 is 0 Å². The molecule has 3 fully saturated rings. The molecule has 0 spiro atoms. The number of likely N-dealkylation sites (N-methyl/N-ethyl adjacent to an activating group) is 1. The first kappa shape index (κ1) is 45.0. The summed E-state index contributed by atoms with van der Waals surface area (Å²) in [6.45, 7) is 19.2. The summed E-state index contributed by atoms with van der Waals surface area (Å²) in [6, 6.07) is 0.330. The van der Waals surface area contributed by atoms with Gasteiger partial charge in [-0.25, -0.2) is 0 Å². The van der Waals surface area contributed by atoms with Gasteiger partial charge in [0.1, 0.15) is 0 Å². The Labute approximate surface area is 330 Å². The molecule has 3 saturated carbocycles.